The molecule has 1 aliphatic rings. The topological polar surface area (TPSA) is 60.7 Å². The van der Waals surface area contributed by atoms with E-state index in [1.54, 1.807) is 0 Å². The van der Waals surface area contributed by atoms with Gasteiger partial charge in [0.1, 0.15) is 11.6 Å². The molecule has 5 heteroatoms. The van der Waals surface area contributed by atoms with Crippen molar-refractivity contribution in [3.05, 3.63) is 42.1 Å². The van der Waals surface area contributed by atoms with Crippen LogP contribution in [0.2, 0.25) is 0 Å². The third kappa shape index (κ3) is 3.26. The van der Waals surface area contributed by atoms with E-state index in [9.17, 15) is 4.79 Å². The lowest BCUT2D eigenvalue weighted by molar-refractivity contribution is -0.123. The third-order valence-electron chi connectivity index (χ3n) is 5.53. The fraction of sp³-hybridized carbons (Fsp3) is 0.429. The minimum absolute atomic E-state index is 0.220. The predicted molar refractivity (Wildman–Crippen MR) is 102 cm³/mol. The quantitative estimate of drug-likeness (QED) is 0.714. The van der Waals surface area contributed by atoms with Gasteiger partial charge in [0.2, 0.25) is 0 Å². The van der Waals surface area contributed by atoms with E-state index in [4.69, 9.17) is 4.98 Å². The first kappa shape index (κ1) is 16.9. The summed E-state index contributed by atoms with van der Waals surface area (Å²) in [5.41, 5.74) is 3.57. The van der Waals surface area contributed by atoms with Crippen LogP contribution in [0, 0.1) is 12.8 Å². The van der Waals surface area contributed by atoms with E-state index in [0.29, 0.717) is 12.2 Å². The number of rotatable bonds is 4. The first-order valence-corrected chi connectivity index (χ1v) is 9.39. The number of aryl methyl sites for hydroxylation is 1. The summed E-state index contributed by atoms with van der Waals surface area (Å²) >= 11 is 0. The second-order valence-corrected chi connectivity index (χ2v) is 7.29. The lowest BCUT2D eigenvalue weighted by Crippen LogP contribution is -2.20. The minimum atomic E-state index is 0.220. The number of aromatic nitrogens is 4. The Bertz CT molecular complexity index is 954. The molecular formula is C21H24N4O. The van der Waals surface area contributed by atoms with Crippen LogP contribution in [0.4, 0.5) is 0 Å². The summed E-state index contributed by atoms with van der Waals surface area (Å²) in [7, 11) is 1.99. The van der Waals surface area contributed by atoms with Crippen LogP contribution in [-0.4, -0.2) is 25.3 Å². The predicted octanol–water partition coefficient (Wildman–Crippen LogP) is 4.03. The van der Waals surface area contributed by atoms with Crippen molar-refractivity contribution in [2.24, 2.45) is 13.0 Å². The van der Waals surface area contributed by atoms with Gasteiger partial charge in [0.15, 0.2) is 0 Å². The number of nitrogens with zero attached hydrogens (tertiary/aromatic N) is 4. The average molecular weight is 348 g/mol. The van der Waals surface area contributed by atoms with Crippen LogP contribution < -0.4 is 0 Å². The number of ketones is 1. The molecule has 0 saturated heterocycles. The van der Waals surface area contributed by atoms with Crippen LogP contribution in [0.15, 0.2) is 30.6 Å². The van der Waals surface area contributed by atoms with Crippen LogP contribution in [0.3, 0.4) is 0 Å². The van der Waals surface area contributed by atoms with E-state index < -0.39 is 0 Å². The summed E-state index contributed by atoms with van der Waals surface area (Å²) in [6.45, 7) is 1.98. The molecule has 0 atom stereocenters. The SMILES string of the molecule is Cc1ncc(-c2ccc3cnc(CC(=O)C4CCCCC4)cc3n2)n1C. The monoisotopic (exact) mass is 348 g/mol. The molecule has 0 unspecified atom stereocenters. The summed E-state index contributed by atoms with van der Waals surface area (Å²) in [6.07, 6.45) is 9.77. The molecule has 5 nitrogen and oxygen atoms in total. The smallest absolute Gasteiger partial charge is 0.141 e. The highest BCUT2D eigenvalue weighted by molar-refractivity contribution is 5.85. The Morgan fingerprint density at radius 2 is 1.96 bits per heavy atom. The van der Waals surface area contributed by atoms with E-state index in [0.717, 1.165) is 46.7 Å². The maximum absolute atomic E-state index is 12.6. The molecule has 0 spiro atoms. The van der Waals surface area contributed by atoms with Gasteiger partial charge in [-0.1, -0.05) is 19.3 Å². The van der Waals surface area contributed by atoms with Crippen molar-refractivity contribution in [2.45, 2.75) is 45.4 Å². The van der Waals surface area contributed by atoms with Crippen molar-refractivity contribution in [3.63, 3.8) is 0 Å². The highest BCUT2D eigenvalue weighted by Gasteiger charge is 2.21. The number of carbonyl (C=O) groups excluding carboxylic acids is 1. The summed E-state index contributed by atoms with van der Waals surface area (Å²) in [4.78, 5) is 26.2. The van der Waals surface area contributed by atoms with Crippen LogP contribution in [0.5, 0.6) is 0 Å². The van der Waals surface area contributed by atoms with Crippen LogP contribution >= 0.6 is 0 Å². The Morgan fingerprint density at radius 3 is 2.69 bits per heavy atom. The molecule has 3 aromatic rings. The molecule has 0 N–H and O–H groups in total. The van der Waals surface area contributed by atoms with Gasteiger partial charge in [-0.05, 0) is 38.0 Å². The summed E-state index contributed by atoms with van der Waals surface area (Å²) in [6, 6.07) is 5.98. The zero-order valence-electron chi connectivity index (χ0n) is 15.4. The van der Waals surface area contributed by atoms with Crippen molar-refractivity contribution in [2.75, 3.05) is 0 Å². The van der Waals surface area contributed by atoms with Gasteiger partial charge in [-0.15, -0.1) is 0 Å². The molecule has 0 bridgehead atoms. The van der Waals surface area contributed by atoms with Crippen LogP contribution in [-0.2, 0) is 18.3 Å². The summed E-state index contributed by atoms with van der Waals surface area (Å²) in [5, 5.41) is 0.988. The van der Waals surface area contributed by atoms with Gasteiger partial charge in [-0.25, -0.2) is 9.97 Å². The first-order valence-electron chi connectivity index (χ1n) is 9.39. The molecule has 3 aromatic heterocycles. The average Bonchev–Trinajstić information content (AvgIpc) is 3.00. The Morgan fingerprint density at radius 1 is 1.15 bits per heavy atom. The standard InChI is InChI=1S/C21H24N4O/c1-14-22-13-20(25(14)2)18-9-8-16-12-23-17(10-19(16)24-18)11-21(26)15-6-4-3-5-7-15/h8-10,12-13,15H,3-7,11H2,1-2H3. The van der Waals surface area contributed by atoms with Crippen LogP contribution in [0.1, 0.15) is 43.6 Å². The zero-order valence-corrected chi connectivity index (χ0v) is 15.4. The maximum Gasteiger partial charge on any atom is 0.141 e. The molecule has 134 valence electrons. The van der Waals surface area contributed by atoms with E-state index in [2.05, 4.69) is 9.97 Å². The van der Waals surface area contributed by atoms with E-state index in [1.165, 1.54) is 19.3 Å². The lowest BCUT2D eigenvalue weighted by atomic mass is 9.85. The second kappa shape index (κ2) is 6.98. The van der Waals surface area contributed by atoms with Crippen LogP contribution in [0.25, 0.3) is 22.3 Å². The normalized spacial score (nSPS) is 15.5. The fourth-order valence-corrected chi connectivity index (χ4v) is 3.78. The first-order chi connectivity index (χ1) is 12.6. The molecule has 0 aromatic carbocycles. The lowest BCUT2D eigenvalue weighted by Gasteiger charge is -2.20. The number of Topliss-reactive ketones (excluding diaryl/α,β-unsaturated/α-hetero) is 1. The van der Waals surface area contributed by atoms with Crippen molar-refractivity contribution in [1.29, 1.82) is 0 Å². The summed E-state index contributed by atoms with van der Waals surface area (Å²) in [5.74, 6) is 1.50. The second-order valence-electron chi connectivity index (χ2n) is 7.29. The van der Waals surface area contributed by atoms with Gasteiger partial charge < -0.3 is 4.57 Å². The highest BCUT2D eigenvalue weighted by Crippen LogP contribution is 2.26. The number of pyridine rings is 2. The molecule has 26 heavy (non-hydrogen) atoms. The van der Waals surface area contributed by atoms with Crippen molar-refractivity contribution in [1.82, 2.24) is 19.5 Å². The maximum atomic E-state index is 12.6. The zero-order chi connectivity index (χ0) is 18.1. The van der Waals surface area contributed by atoms with Gasteiger partial charge in [0, 0.05) is 36.7 Å². The van der Waals surface area contributed by atoms with Gasteiger partial charge in [-0.2, -0.15) is 0 Å². The van der Waals surface area contributed by atoms with Crippen molar-refractivity contribution in [3.8, 4) is 11.4 Å². The number of imidazole rings is 1. The van der Waals surface area contributed by atoms with Gasteiger partial charge >= 0.3 is 0 Å². The molecular weight excluding hydrogens is 324 g/mol. The number of fused-ring (bicyclic) bond motifs is 1. The molecule has 0 radical (unpaired) electrons. The molecule has 0 aliphatic heterocycles. The molecule has 4 rings (SSSR count). The van der Waals surface area contributed by atoms with E-state index in [1.807, 2.05) is 49.1 Å². The molecule has 1 saturated carbocycles. The van der Waals surface area contributed by atoms with Crippen molar-refractivity contribution >= 4 is 16.7 Å². The van der Waals surface area contributed by atoms with E-state index >= 15 is 0 Å². The van der Waals surface area contributed by atoms with Gasteiger partial charge in [0.25, 0.3) is 0 Å². The third-order valence-corrected chi connectivity index (χ3v) is 5.53. The van der Waals surface area contributed by atoms with Gasteiger partial charge in [-0.3, -0.25) is 9.78 Å². The number of hydrogen-bond acceptors (Lipinski definition) is 4. The van der Waals surface area contributed by atoms with Gasteiger partial charge in [0.05, 0.1) is 23.1 Å². The van der Waals surface area contributed by atoms with Crippen molar-refractivity contribution < 1.29 is 4.79 Å². The fourth-order valence-electron chi connectivity index (χ4n) is 3.78. The van der Waals surface area contributed by atoms with E-state index in [-0.39, 0.29) is 5.92 Å². The Hall–Kier alpha value is -2.56. The summed E-state index contributed by atoms with van der Waals surface area (Å²) < 4.78 is 2.03. The largest absolute Gasteiger partial charge is 0.330 e. The molecule has 1 fully saturated rings. The molecule has 0 amide bonds. The minimum Gasteiger partial charge on any atom is -0.330 e. The highest BCUT2D eigenvalue weighted by atomic mass is 16.1. The Labute approximate surface area is 153 Å². The Balaban J connectivity index is 1.61. The number of hydrogen-bond donors (Lipinski definition) is 0. The molecule has 3 heterocycles. The molecule has 1 aliphatic carbocycles. The Kier molecular flexibility index (Phi) is 4.53. The number of carbonyl (C=O) groups is 1.